The molecule has 122 valence electrons. The Morgan fingerprint density at radius 2 is 2.00 bits per heavy atom. The first-order valence-corrected chi connectivity index (χ1v) is 8.88. The van der Waals surface area contributed by atoms with Gasteiger partial charge < -0.3 is 14.7 Å². The highest BCUT2D eigenvalue weighted by Crippen LogP contribution is 2.21. The molecule has 1 saturated heterocycles. The molecule has 0 aromatic carbocycles. The molecule has 1 heterocycles. The molecule has 1 aliphatic rings. The van der Waals surface area contributed by atoms with Gasteiger partial charge >= 0.3 is 5.97 Å². The van der Waals surface area contributed by atoms with Crippen molar-refractivity contribution in [2.75, 3.05) is 25.2 Å². The van der Waals surface area contributed by atoms with Crippen molar-refractivity contribution in [3.63, 3.8) is 0 Å². The largest absolute Gasteiger partial charge is 0.480 e. The lowest BCUT2D eigenvalue weighted by Crippen LogP contribution is -2.43. The van der Waals surface area contributed by atoms with E-state index in [1.165, 1.54) is 7.11 Å². The van der Waals surface area contributed by atoms with E-state index < -0.39 is 33.5 Å². The Morgan fingerprint density at radius 1 is 1.33 bits per heavy atom. The van der Waals surface area contributed by atoms with E-state index in [1.54, 1.807) is 0 Å². The molecular formula is C13H23NO6S. The van der Waals surface area contributed by atoms with Gasteiger partial charge in [-0.3, -0.25) is 4.79 Å². The Labute approximate surface area is 125 Å². The molecule has 21 heavy (non-hydrogen) atoms. The average Bonchev–Trinajstić information content (AvgIpc) is 2.82. The third-order valence-corrected chi connectivity index (χ3v) is 5.20. The minimum Gasteiger partial charge on any atom is -0.480 e. The molecule has 0 bridgehead atoms. The fraction of sp³-hybridized carbons (Fsp3) is 0.846. The monoisotopic (exact) mass is 321 g/mol. The zero-order valence-electron chi connectivity index (χ0n) is 12.4. The molecule has 1 N–H and O–H groups in total. The van der Waals surface area contributed by atoms with E-state index in [0.29, 0.717) is 6.42 Å². The van der Waals surface area contributed by atoms with E-state index in [-0.39, 0.29) is 24.8 Å². The van der Waals surface area contributed by atoms with Crippen LogP contribution in [0, 0.1) is 0 Å². The summed E-state index contributed by atoms with van der Waals surface area (Å²) in [5, 5.41) is 9.12. The molecule has 1 fully saturated rings. The minimum atomic E-state index is -3.49. The Hall–Kier alpha value is -1.15. The van der Waals surface area contributed by atoms with Crippen molar-refractivity contribution in [3.8, 4) is 0 Å². The van der Waals surface area contributed by atoms with E-state index >= 15 is 0 Å². The van der Waals surface area contributed by atoms with Crippen LogP contribution in [0.15, 0.2) is 0 Å². The second-order valence-electron chi connectivity index (χ2n) is 5.29. The number of carboxylic acid groups (broad SMARTS) is 1. The molecule has 0 spiro atoms. The van der Waals surface area contributed by atoms with Crippen LogP contribution in [-0.2, 0) is 24.2 Å². The number of amides is 1. The Morgan fingerprint density at radius 3 is 2.52 bits per heavy atom. The van der Waals surface area contributed by atoms with E-state index in [4.69, 9.17) is 9.84 Å². The van der Waals surface area contributed by atoms with Gasteiger partial charge in [-0.15, -0.1) is 0 Å². The van der Waals surface area contributed by atoms with Crippen LogP contribution < -0.4 is 0 Å². The van der Waals surface area contributed by atoms with E-state index in [9.17, 15) is 18.0 Å². The zero-order valence-corrected chi connectivity index (χ0v) is 13.3. The molecule has 1 amide bonds. The van der Waals surface area contributed by atoms with Crippen LogP contribution in [0.2, 0.25) is 0 Å². The van der Waals surface area contributed by atoms with Crippen molar-refractivity contribution in [3.05, 3.63) is 0 Å². The maximum absolute atomic E-state index is 12.1. The molecule has 2 unspecified atom stereocenters. The van der Waals surface area contributed by atoms with Crippen LogP contribution in [0.5, 0.6) is 0 Å². The van der Waals surface area contributed by atoms with Crippen LogP contribution in [0.25, 0.3) is 0 Å². The second kappa shape index (κ2) is 7.74. The van der Waals surface area contributed by atoms with Gasteiger partial charge in [0.1, 0.15) is 11.8 Å². The number of likely N-dealkylation sites (tertiary alicyclic amines) is 1. The molecule has 0 aromatic rings. The number of carbonyl (C=O) groups excluding carboxylic acids is 1. The minimum absolute atomic E-state index is 0.0358. The predicted octanol–water partition coefficient (Wildman–Crippen LogP) is 0.292. The van der Waals surface area contributed by atoms with Crippen molar-refractivity contribution >= 4 is 21.7 Å². The molecule has 7 nitrogen and oxygen atoms in total. The van der Waals surface area contributed by atoms with Crippen LogP contribution in [0.3, 0.4) is 0 Å². The Balaban J connectivity index is 2.67. The lowest BCUT2D eigenvalue weighted by molar-refractivity contribution is -0.147. The number of methoxy groups -OCH3 is 1. The summed E-state index contributed by atoms with van der Waals surface area (Å²) in [6.07, 6.45) is 2.04. The summed E-state index contributed by atoms with van der Waals surface area (Å²) in [6, 6.07) is -1.01. The fourth-order valence-corrected chi connectivity index (χ4v) is 3.72. The van der Waals surface area contributed by atoms with Crippen LogP contribution in [0.1, 0.15) is 32.6 Å². The molecule has 0 saturated carbocycles. The second-order valence-corrected chi connectivity index (χ2v) is 7.48. The Bertz CT molecular complexity index is 475. The van der Waals surface area contributed by atoms with Crippen molar-refractivity contribution < 1.29 is 27.9 Å². The van der Waals surface area contributed by atoms with E-state index in [1.807, 2.05) is 6.92 Å². The predicted molar refractivity (Wildman–Crippen MR) is 76.7 cm³/mol. The average molecular weight is 321 g/mol. The first-order chi connectivity index (χ1) is 9.80. The number of ether oxygens (including phenoxy) is 1. The van der Waals surface area contributed by atoms with Gasteiger partial charge in [0.05, 0.1) is 11.9 Å². The first kappa shape index (κ1) is 17.9. The summed E-state index contributed by atoms with van der Waals surface area (Å²) in [6.45, 7) is 2.08. The van der Waals surface area contributed by atoms with Crippen molar-refractivity contribution in [1.29, 1.82) is 0 Å². The van der Waals surface area contributed by atoms with Crippen LogP contribution in [-0.4, -0.2) is 67.6 Å². The lowest BCUT2D eigenvalue weighted by Gasteiger charge is -2.21. The summed E-state index contributed by atoms with van der Waals surface area (Å²) in [7, 11) is -2.05. The van der Waals surface area contributed by atoms with Gasteiger partial charge in [-0.2, -0.15) is 0 Å². The standard InChI is InChI=1S/C13H23NO6S/c1-3-4-5-6-21(18,19)9-12(15)14-8-10(20-2)7-11(14)13(16)17/h10-11H,3-9H2,1-2H3,(H,16,17). The Kier molecular flexibility index (Phi) is 6.60. The highest BCUT2D eigenvalue weighted by Gasteiger charge is 2.40. The summed E-state index contributed by atoms with van der Waals surface area (Å²) >= 11 is 0. The van der Waals surface area contributed by atoms with Crippen molar-refractivity contribution in [2.45, 2.75) is 44.8 Å². The smallest absolute Gasteiger partial charge is 0.326 e. The number of nitrogens with zero attached hydrogens (tertiary/aromatic N) is 1. The van der Waals surface area contributed by atoms with E-state index in [0.717, 1.165) is 17.7 Å². The van der Waals surface area contributed by atoms with Gasteiger partial charge in [0.25, 0.3) is 0 Å². The number of hydrogen-bond donors (Lipinski definition) is 1. The molecule has 0 radical (unpaired) electrons. The van der Waals surface area contributed by atoms with Gasteiger partial charge in [-0.1, -0.05) is 19.8 Å². The van der Waals surface area contributed by atoms with Crippen molar-refractivity contribution in [1.82, 2.24) is 4.90 Å². The SMILES string of the molecule is CCCCCS(=O)(=O)CC(=O)N1CC(OC)CC1C(=O)O. The molecule has 0 aromatic heterocycles. The maximum Gasteiger partial charge on any atom is 0.326 e. The number of sulfone groups is 1. The summed E-state index contributed by atoms with van der Waals surface area (Å²) < 4.78 is 28.8. The highest BCUT2D eigenvalue weighted by molar-refractivity contribution is 7.92. The van der Waals surface area contributed by atoms with Gasteiger partial charge in [-0.05, 0) is 6.42 Å². The number of carboxylic acids is 1. The lowest BCUT2D eigenvalue weighted by atomic mass is 10.2. The van der Waals surface area contributed by atoms with E-state index in [2.05, 4.69) is 0 Å². The number of aliphatic carboxylic acids is 1. The topological polar surface area (TPSA) is 101 Å². The molecule has 0 aliphatic carbocycles. The third-order valence-electron chi connectivity index (χ3n) is 3.60. The quantitative estimate of drug-likeness (QED) is 0.645. The summed E-state index contributed by atoms with van der Waals surface area (Å²) in [4.78, 5) is 24.4. The third kappa shape index (κ3) is 5.28. The van der Waals surface area contributed by atoms with Crippen molar-refractivity contribution in [2.24, 2.45) is 0 Å². The van der Waals surface area contributed by atoms with Gasteiger partial charge in [0, 0.05) is 20.1 Å². The van der Waals surface area contributed by atoms with Gasteiger partial charge in [0.2, 0.25) is 5.91 Å². The first-order valence-electron chi connectivity index (χ1n) is 7.06. The van der Waals surface area contributed by atoms with Crippen LogP contribution >= 0.6 is 0 Å². The molecule has 2 atom stereocenters. The molecular weight excluding hydrogens is 298 g/mol. The number of carbonyl (C=O) groups is 2. The summed E-state index contributed by atoms with van der Waals surface area (Å²) in [5.41, 5.74) is 0. The maximum atomic E-state index is 12.1. The highest BCUT2D eigenvalue weighted by atomic mass is 32.2. The normalized spacial score (nSPS) is 22.5. The number of unbranched alkanes of at least 4 members (excludes halogenated alkanes) is 2. The molecule has 1 rings (SSSR count). The van der Waals surface area contributed by atoms with Gasteiger partial charge in [0.15, 0.2) is 9.84 Å². The molecule has 1 aliphatic heterocycles. The zero-order chi connectivity index (χ0) is 16.0. The fourth-order valence-electron chi connectivity index (χ4n) is 2.39. The molecule has 8 heteroatoms. The number of hydrogen-bond acceptors (Lipinski definition) is 5. The van der Waals surface area contributed by atoms with Crippen LogP contribution in [0.4, 0.5) is 0 Å². The summed E-state index contributed by atoms with van der Waals surface area (Å²) in [5.74, 6) is -2.45. The number of rotatable bonds is 8. The van der Waals surface area contributed by atoms with Gasteiger partial charge in [-0.25, -0.2) is 13.2 Å².